The number of benzene rings is 1. The summed E-state index contributed by atoms with van der Waals surface area (Å²) in [6, 6.07) is 7.61. The Balaban J connectivity index is 1.89. The van der Waals surface area contributed by atoms with Crippen LogP contribution in [0.4, 0.5) is 0 Å². The van der Waals surface area contributed by atoms with E-state index in [4.69, 9.17) is 9.15 Å². The maximum absolute atomic E-state index is 5.66. The third-order valence-electron chi connectivity index (χ3n) is 2.89. The Hall–Kier alpha value is -1.88. The molecule has 0 saturated carbocycles. The first-order chi connectivity index (χ1) is 8.36. The van der Waals surface area contributed by atoms with Gasteiger partial charge in [0.15, 0.2) is 0 Å². The van der Waals surface area contributed by atoms with Gasteiger partial charge in [-0.15, -0.1) is 10.2 Å². The standard InChI is InChI=1S/C12H13N3O2/c1-16-10-4-2-3-8(5-10)11-14-15-12(17-11)9-6-13-7-9/h2-5,9,13H,6-7H2,1H3. The second kappa shape index (κ2) is 4.18. The van der Waals surface area contributed by atoms with Crippen molar-refractivity contribution in [2.24, 2.45) is 0 Å². The van der Waals surface area contributed by atoms with Gasteiger partial charge in [0.25, 0.3) is 0 Å². The first-order valence-corrected chi connectivity index (χ1v) is 5.55. The molecule has 0 atom stereocenters. The number of rotatable bonds is 3. The molecule has 1 N–H and O–H groups in total. The topological polar surface area (TPSA) is 60.2 Å². The second-order valence-electron chi connectivity index (χ2n) is 4.03. The van der Waals surface area contributed by atoms with E-state index in [0.29, 0.717) is 17.7 Å². The number of hydrogen-bond donors (Lipinski definition) is 1. The van der Waals surface area contributed by atoms with Crippen molar-refractivity contribution < 1.29 is 9.15 Å². The van der Waals surface area contributed by atoms with Crippen LogP contribution in [0.2, 0.25) is 0 Å². The van der Waals surface area contributed by atoms with Gasteiger partial charge in [-0.3, -0.25) is 0 Å². The van der Waals surface area contributed by atoms with E-state index >= 15 is 0 Å². The van der Waals surface area contributed by atoms with E-state index in [0.717, 1.165) is 24.4 Å². The zero-order chi connectivity index (χ0) is 11.7. The molecule has 1 aliphatic rings. The molecular weight excluding hydrogens is 218 g/mol. The van der Waals surface area contributed by atoms with Gasteiger partial charge in [0.2, 0.25) is 11.8 Å². The fraction of sp³-hybridized carbons (Fsp3) is 0.333. The van der Waals surface area contributed by atoms with E-state index in [1.165, 1.54) is 0 Å². The maximum atomic E-state index is 5.66. The molecule has 88 valence electrons. The summed E-state index contributed by atoms with van der Waals surface area (Å²) in [7, 11) is 1.64. The Morgan fingerprint density at radius 1 is 1.35 bits per heavy atom. The van der Waals surface area contributed by atoms with Crippen LogP contribution in [-0.4, -0.2) is 30.4 Å². The number of hydrogen-bond acceptors (Lipinski definition) is 5. The minimum atomic E-state index is 0.363. The Morgan fingerprint density at radius 2 is 2.24 bits per heavy atom. The zero-order valence-corrected chi connectivity index (χ0v) is 9.51. The summed E-state index contributed by atoms with van der Waals surface area (Å²) in [5.41, 5.74) is 0.885. The molecular formula is C12H13N3O2. The molecule has 1 saturated heterocycles. The van der Waals surface area contributed by atoms with Crippen LogP contribution in [0.1, 0.15) is 11.8 Å². The molecule has 0 aliphatic carbocycles. The molecule has 0 amide bonds. The minimum Gasteiger partial charge on any atom is -0.497 e. The monoisotopic (exact) mass is 231 g/mol. The minimum absolute atomic E-state index is 0.363. The smallest absolute Gasteiger partial charge is 0.247 e. The highest BCUT2D eigenvalue weighted by Gasteiger charge is 2.25. The molecule has 2 heterocycles. The maximum Gasteiger partial charge on any atom is 0.247 e. The van der Waals surface area contributed by atoms with Crippen LogP contribution < -0.4 is 10.1 Å². The first kappa shape index (κ1) is 10.3. The molecule has 2 aromatic rings. The average molecular weight is 231 g/mol. The SMILES string of the molecule is COc1cccc(-c2nnc(C3CNC3)o2)c1. The summed E-state index contributed by atoms with van der Waals surface area (Å²) in [4.78, 5) is 0. The summed E-state index contributed by atoms with van der Waals surface area (Å²) >= 11 is 0. The van der Waals surface area contributed by atoms with Gasteiger partial charge in [-0.1, -0.05) is 6.07 Å². The largest absolute Gasteiger partial charge is 0.497 e. The fourth-order valence-electron chi connectivity index (χ4n) is 1.74. The highest BCUT2D eigenvalue weighted by Crippen LogP contribution is 2.25. The molecule has 3 rings (SSSR count). The molecule has 0 spiro atoms. The number of nitrogens with zero attached hydrogens (tertiary/aromatic N) is 2. The van der Waals surface area contributed by atoms with Crippen molar-refractivity contribution in [3.05, 3.63) is 30.2 Å². The van der Waals surface area contributed by atoms with Crippen LogP contribution in [0, 0.1) is 0 Å². The molecule has 1 aromatic heterocycles. The van der Waals surface area contributed by atoms with E-state index in [1.54, 1.807) is 7.11 Å². The van der Waals surface area contributed by atoms with E-state index in [2.05, 4.69) is 15.5 Å². The number of methoxy groups -OCH3 is 1. The third kappa shape index (κ3) is 1.89. The van der Waals surface area contributed by atoms with Gasteiger partial charge in [-0.2, -0.15) is 0 Å². The quantitative estimate of drug-likeness (QED) is 0.866. The Morgan fingerprint density at radius 3 is 2.94 bits per heavy atom. The van der Waals surface area contributed by atoms with E-state index in [-0.39, 0.29) is 0 Å². The van der Waals surface area contributed by atoms with E-state index < -0.39 is 0 Å². The van der Waals surface area contributed by atoms with Crippen LogP contribution >= 0.6 is 0 Å². The highest BCUT2D eigenvalue weighted by atomic mass is 16.5. The van der Waals surface area contributed by atoms with Gasteiger partial charge in [0.1, 0.15) is 5.75 Å². The molecule has 0 bridgehead atoms. The fourth-order valence-corrected chi connectivity index (χ4v) is 1.74. The summed E-state index contributed by atoms with van der Waals surface area (Å²) in [5, 5.41) is 11.3. The first-order valence-electron chi connectivity index (χ1n) is 5.55. The Kier molecular flexibility index (Phi) is 2.53. The van der Waals surface area contributed by atoms with Gasteiger partial charge in [-0.25, -0.2) is 0 Å². The lowest BCUT2D eigenvalue weighted by Crippen LogP contribution is -2.40. The van der Waals surface area contributed by atoms with Gasteiger partial charge in [0.05, 0.1) is 13.0 Å². The van der Waals surface area contributed by atoms with Gasteiger partial charge >= 0.3 is 0 Å². The van der Waals surface area contributed by atoms with Gasteiger partial charge < -0.3 is 14.5 Å². The number of ether oxygens (including phenoxy) is 1. The predicted octanol–water partition coefficient (Wildman–Crippen LogP) is 1.43. The lowest BCUT2D eigenvalue weighted by molar-refractivity contribution is 0.361. The highest BCUT2D eigenvalue weighted by molar-refractivity contribution is 5.55. The second-order valence-corrected chi connectivity index (χ2v) is 4.03. The van der Waals surface area contributed by atoms with Crippen LogP contribution in [0.25, 0.3) is 11.5 Å². The third-order valence-corrected chi connectivity index (χ3v) is 2.89. The Bertz CT molecular complexity index is 520. The molecule has 17 heavy (non-hydrogen) atoms. The van der Waals surface area contributed by atoms with Crippen LogP contribution in [0.3, 0.4) is 0 Å². The molecule has 1 aliphatic heterocycles. The summed E-state index contributed by atoms with van der Waals surface area (Å²) < 4.78 is 10.8. The zero-order valence-electron chi connectivity index (χ0n) is 9.51. The summed E-state index contributed by atoms with van der Waals surface area (Å²) in [5.74, 6) is 2.40. The van der Waals surface area contributed by atoms with Crippen LogP contribution in [-0.2, 0) is 0 Å². The van der Waals surface area contributed by atoms with Crippen molar-refractivity contribution >= 4 is 0 Å². The van der Waals surface area contributed by atoms with E-state index in [1.807, 2.05) is 24.3 Å². The number of nitrogens with one attached hydrogen (secondary N) is 1. The lowest BCUT2D eigenvalue weighted by atomic mass is 10.0. The van der Waals surface area contributed by atoms with E-state index in [9.17, 15) is 0 Å². The lowest BCUT2D eigenvalue weighted by Gasteiger charge is -2.22. The number of aromatic nitrogens is 2. The molecule has 5 heteroatoms. The van der Waals surface area contributed by atoms with Crippen LogP contribution in [0.15, 0.2) is 28.7 Å². The van der Waals surface area contributed by atoms with Gasteiger partial charge in [-0.05, 0) is 18.2 Å². The predicted molar refractivity (Wildman–Crippen MR) is 61.9 cm³/mol. The van der Waals surface area contributed by atoms with Crippen molar-refractivity contribution in [3.8, 4) is 17.2 Å². The van der Waals surface area contributed by atoms with Crippen molar-refractivity contribution in [1.82, 2.24) is 15.5 Å². The van der Waals surface area contributed by atoms with Crippen molar-refractivity contribution in [2.45, 2.75) is 5.92 Å². The summed E-state index contributed by atoms with van der Waals surface area (Å²) in [6.45, 7) is 1.83. The average Bonchev–Trinajstić information content (AvgIpc) is 2.76. The van der Waals surface area contributed by atoms with Gasteiger partial charge in [0, 0.05) is 18.7 Å². The molecule has 5 nitrogen and oxygen atoms in total. The molecule has 1 aromatic carbocycles. The Labute approximate surface area is 98.8 Å². The van der Waals surface area contributed by atoms with Crippen molar-refractivity contribution in [3.63, 3.8) is 0 Å². The molecule has 1 fully saturated rings. The summed E-state index contributed by atoms with van der Waals surface area (Å²) in [6.07, 6.45) is 0. The molecule has 0 radical (unpaired) electrons. The van der Waals surface area contributed by atoms with Crippen molar-refractivity contribution in [2.75, 3.05) is 20.2 Å². The van der Waals surface area contributed by atoms with Crippen LogP contribution in [0.5, 0.6) is 5.75 Å². The van der Waals surface area contributed by atoms with Crippen molar-refractivity contribution in [1.29, 1.82) is 0 Å². The normalized spacial score (nSPS) is 15.6. The molecule has 0 unspecified atom stereocenters.